The molecule has 0 saturated heterocycles. The molecule has 0 aliphatic carbocycles. The quantitative estimate of drug-likeness (QED) is 0.171. The van der Waals surface area contributed by atoms with Crippen molar-refractivity contribution in [1.82, 2.24) is 9.97 Å². The van der Waals surface area contributed by atoms with Crippen LogP contribution in [0.2, 0.25) is 0 Å². The zero-order chi connectivity index (χ0) is 26.9. The number of rotatable bonds is 3. The van der Waals surface area contributed by atoms with E-state index in [4.69, 9.17) is 9.97 Å². The van der Waals surface area contributed by atoms with E-state index in [1.165, 1.54) is 43.1 Å². The fourth-order valence-electron chi connectivity index (χ4n) is 6.77. The minimum absolute atomic E-state index is 0.969. The Morgan fingerprint density at radius 2 is 0.805 bits per heavy atom. The first-order chi connectivity index (χ1) is 20.4. The van der Waals surface area contributed by atoms with Crippen molar-refractivity contribution in [3.8, 4) is 0 Å². The van der Waals surface area contributed by atoms with Crippen molar-refractivity contribution in [2.24, 2.45) is 0 Å². The Hall–Kier alpha value is -5.54. The molecule has 3 heteroatoms. The number of fused-ring (bicyclic) bond motifs is 4. The van der Waals surface area contributed by atoms with Gasteiger partial charge in [0.1, 0.15) is 0 Å². The number of hydrogen-bond donors (Lipinski definition) is 0. The maximum Gasteiger partial charge on any atom is 0.0723 e. The first-order valence-electron chi connectivity index (χ1n) is 13.9. The number of aromatic nitrogens is 2. The van der Waals surface area contributed by atoms with E-state index in [1.54, 1.807) is 0 Å². The van der Waals surface area contributed by atoms with Crippen molar-refractivity contribution in [3.63, 3.8) is 0 Å². The van der Waals surface area contributed by atoms with E-state index in [0.717, 1.165) is 38.9 Å². The molecular weight excluding hydrogens is 498 g/mol. The van der Waals surface area contributed by atoms with E-state index in [1.807, 2.05) is 24.5 Å². The summed E-state index contributed by atoms with van der Waals surface area (Å²) in [6.45, 7) is 0. The molecule has 9 rings (SSSR count). The van der Waals surface area contributed by atoms with E-state index in [-0.39, 0.29) is 0 Å². The molecule has 41 heavy (non-hydrogen) atoms. The number of hydrogen-bond acceptors (Lipinski definition) is 3. The first-order valence-corrected chi connectivity index (χ1v) is 13.9. The Bertz CT molecular complexity index is 2300. The monoisotopic (exact) mass is 521 g/mol. The lowest BCUT2D eigenvalue weighted by atomic mass is 9.89. The predicted octanol–water partition coefficient (Wildman–Crippen LogP) is 10.3. The summed E-state index contributed by atoms with van der Waals surface area (Å²) in [6.07, 6.45) is 3.83. The van der Waals surface area contributed by atoms with Gasteiger partial charge >= 0.3 is 0 Å². The number of anilines is 3. The van der Waals surface area contributed by atoms with Crippen LogP contribution in [0.25, 0.3) is 64.9 Å². The van der Waals surface area contributed by atoms with Crippen LogP contribution in [0, 0.1) is 0 Å². The van der Waals surface area contributed by atoms with Gasteiger partial charge in [0.25, 0.3) is 0 Å². The third kappa shape index (κ3) is 3.14. The largest absolute Gasteiger partial charge is 0.308 e. The van der Waals surface area contributed by atoms with E-state index in [2.05, 4.69) is 120 Å². The van der Waals surface area contributed by atoms with E-state index < -0.39 is 0 Å². The zero-order valence-corrected chi connectivity index (χ0v) is 22.1. The average molecular weight is 522 g/mol. The molecule has 2 aromatic heterocycles. The van der Waals surface area contributed by atoms with Gasteiger partial charge in [0, 0.05) is 28.6 Å². The minimum Gasteiger partial charge on any atom is -0.308 e. The van der Waals surface area contributed by atoms with Crippen molar-refractivity contribution in [2.75, 3.05) is 4.90 Å². The van der Waals surface area contributed by atoms with E-state index in [9.17, 15) is 0 Å². The molecule has 9 aromatic rings. The standard InChI is InChI=1S/C38H23N3/c1-3-16-32-29(10-1)35(20-22-39-32)41(36-21-23-40-33-17-4-2-11-30(33)36)34-19-18-28-26-13-6-9-24-8-5-12-25(37(24)26)27-14-7-15-31(34)38(27)28/h1-23H. The highest BCUT2D eigenvalue weighted by Crippen LogP contribution is 2.47. The second-order valence-corrected chi connectivity index (χ2v) is 10.6. The molecule has 0 atom stereocenters. The van der Waals surface area contributed by atoms with Crippen molar-refractivity contribution in [1.29, 1.82) is 0 Å². The molecule has 0 saturated carbocycles. The number of pyridine rings is 2. The van der Waals surface area contributed by atoms with Crippen LogP contribution >= 0.6 is 0 Å². The van der Waals surface area contributed by atoms with E-state index in [0.29, 0.717) is 0 Å². The maximum absolute atomic E-state index is 4.69. The van der Waals surface area contributed by atoms with Crippen molar-refractivity contribution in [3.05, 3.63) is 140 Å². The van der Waals surface area contributed by atoms with Crippen LogP contribution in [0.1, 0.15) is 0 Å². The summed E-state index contributed by atoms with van der Waals surface area (Å²) < 4.78 is 0. The second kappa shape index (κ2) is 8.48. The van der Waals surface area contributed by atoms with Crippen molar-refractivity contribution in [2.45, 2.75) is 0 Å². The third-order valence-corrected chi connectivity index (χ3v) is 8.48. The fourth-order valence-corrected chi connectivity index (χ4v) is 6.77. The molecule has 0 bridgehead atoms. The lowest BCUT2D eigenvalue weighted by Gasteiger charge is -2.29. The molecule has 0 N–H and O–H groups in total. The van der Waals surface area contributed by atoms with E-state index >= 15 is 0 Å². The Morgan fingerprint density at radius 1 is 0.341 bits per heavy atom. The van der Waals surface area contributed by atoms with Crippen LogP contribution in [0.3, 0.4) is 0 Å². The molecule has 0 unspecified atom stereocenters. The van der Waals surface area contributed by atoms with Gasteiger partial charge < -0.3 is 4.90 Å². The molecule has 0 radical (unpaired) electrons. The van der Waals surface area contributed by atoms with Gasteiger partial charge in [-0.1, -0.05) is 97.1 Å². The fraction of sp³-hybridized carbons (Fsp3) is 0. The van der Waals surface area contributed by atoms with Crippen LogP contribution in [0.4, 0.5) is 17.1 Å². The first kappa shape index (κ1) is 22.3. The molecule has 3 nitrogen and oxygen atoms in total. The smallest absolute Gasteiger partial charge is 0.0723 e. The molecule has 0 aliphatic rings. The maximum atomic E-state index is 4.69. The van der Waals surface area contributed by atoms with Crippen LogP contribution in [-0.4, -0.2) is 9.97 Å². The van der Waals surface area contributed by atoms with Crippen LogP contribution in [0.5, 0.6) is 0 Å². The Balaban J connectivity index is 1.46. The Labute approximate surface area is 236 Å². The Morgan fingerprint density at radius 3 is 1.44 bits per heavy atom. The van der Waals surface area contributed by atoms with Crippen molar-refractivity contribution < 1.29 is 0 Å². The lowest BCUT2D eigenvalue weighted by Crippen LogP contribution is -2.12. The summed E-state index contributed by atoms with van der Waals surface area (Å²) in [4.78, 5) is 11.8. The Kier molecular flexibility index (Phi) is 4.61. The second-order valence-electron chi connectivity index (χ2n) is 10.6. The van der Waals surface area contributed by atoms with Gasteiger partial charge in [0.2, 0.25) is 0 Å². The molecule has 0 aliphatic heterocycles. The van der Waals surface area contributed by atoms with Gasteiger partial charge in [-0.25, -0.2) is 0 Å². The van der Waals surface area contributed by atoms with Crippen molar-refractivity contribution >= 4 is 82.0 Å². The highest BCUT2D eigenvalue weighted by atomic mass is 15.2. The molecule has 0 fully saturated rings. The SMILES string of the molecule is c1ccc2c(N(c3ccnc4ccccc34)c3ccc4c5cccc6cccc(c7cccc3c74)c65)ccnc2c1. The van der Waals surface area contributed by atoms with Gasteiger partial charge in [-0.05, 0) is 68.0 Å². The van der Waals surface area contributed by atoms with Crippen LogP contribution in [-0.2, 0) is 0 Å². The summed E-state index contributed by atoms with van der Waals surface area (Å²) in [5.41, 5.74) is 5.25. The summed E-state index contributed by atoms with van der Waals surface area (Å²) in [6, 6.07) is 45.7. The number of nitrogens with zero attached hydrogens (tertiary/aromatic N) is 3. The predicted molar refractivity (Wildman–Crippen MR) is 173 cm³/mol. The molecular formula is C38H23N3. The van der Waals surface area contributed by atoms with Gasteiger partial charge in [-0.15, -0.1) is 0 Å². The highest BCUT2D eigenvalue weighted by molar-refractivity contribution is 6.34. The molecule has 2 heterocycles. The summed E-state index contributed by atoms with van der Waals surface area (Å²) in [7, 11) is 0. The number of benzene rings is 7. The molecule has 190 valence electrons. The summed E-state index contributed by atoms with van der Waals surface area (Å²) in [5.74, 6) is 0. The average Bonchev–Trinajstić information content (AvgIpc) is 3.04. The molecule has 0 amide bonds. The van der Waals surface area contributed by atoms with Gasteiger partial charge in [-0.3, -0.25) is 9.97 Å². The molecule has 7 aromatic carbocycles. The highest BCUT2D eigenvalue weighted by Gasteiger charge is 2.22. The summed E-state index contributed by atoms with van der Waals surface area (Å²) in [5, 5.41) is 12.5. The third-order valence-electron chi connectivity index (χ3n) is 8.48. The lowest BCUT2D eigenvalue weighted by molar-refractivity contribution is 1.29. The normalized spacial score (nSPS) is 11.9. The van der Waals surface area contributed by atoms with Crippen LogP contribution < -0.4 is 4.90 Å². The van der Waals surface area contributed by atoms with Gasteiger partial charge in [0.15, 0.2) is 0 Å². The zero-order valence-electron chi connectivity index (χ0n) is 22.1. The minimum atomic E-state index is 0.969. The van der Waals surface area contributed by atoms with Gasteiger partial charge in [-0.2, -0.15) is 0 Å². The van der Waals surface area contributed by atoms with Crippen LogP contribution in [0.15, 0.2) is 140 Å². The number of para-hydroxylation sites is 2. The topological polar surface area (TPSA) is 29.0 Å². The van der Waals surface area contributed by atoms with Gasteiger partial charge in [0.05, 0.1) is 28.1 Å². The summed E-state index contributed by atoms with van der Waals surface area (Å²) >= 11 is 0. The molecule has 0 spiro atoms.